The van der Waals surface area contributed by atoms with E-state index in [1.165, 1.54) is 0 Å². The molecule has 0 spiro atoms. The van der Waals surface area contributed by atoms with Gasteiger partial charge in [0.05, 0.1) is 0 Å². The van der Waals surface area contributed by atoms with Gasteiger partial charge in [0, 0.05) is 19.3 Å². The van der Waals surface area contributed by atoms with Crippen LogP contribution in [-0.2, 0) is 17.1 Å². The minimum atomic E-state index is -3.50. The average Bonchev–Trinajstić information content (AvgIpc) is 2.63. The number of aryl methyl sites for hydroxylation is 2. The molecule has 110 valence electrons. The van der Waals surface area contributed by atoms with Crippen LogP contribution in [0.3, 0.4) is 0 Å². The van der Waals surface area contributed by atoms with E-state index in [2.05, 4.69) is 15.0 Å². The Labute approximate surface area is 120 Å². The second-order valence-corrected chi connectivity index (χ2v) is 6.60. The fourth-order valence-electron chi connectivity index (χ4n) is 2.10. The monoisotopic (exact) mass is 308 g/mol. The maximum Gasteiger partial charge on any atom is 0.259 e. The number of halogens is 1. The number of imidazole rings is 1. The summed E-state index contributed by atoms with van der Waals surface area (Å²) in [5.74, 6) is 0.979. The molecule has 0 aromatic carbocycles. The van der Waals surface area contributed by atoms with Gasteiger partial charge in [-0.1, -0.05) is 6.92 Å². The van der Waals surface area contributed by atoms with Crippen molar-refractivity contribution in [3.8, 4) is 0 Å². The molecule has 2 heterocycles. The van der Waals surface area contributed by atoms with Gasteiger partial charge in [-0.05, 0) is 32.4 Å². The van der Waals surface area contributed by atoms with Crippen molar-refractivity contribution in [1.29, 1.82) is 0 Å². The lowest BCUT2D eigenvalue weighted by molar-refractivity contribution is 0.328. The molecule has 2 unspecified atom stereocenters. The number of nitrogens with zero attached hydrogens (tertiary/aromatic N) is 2. The molecule has 0 saturated carbocycles. The molecule has 6 nitrogen and oxygen atoms in total. The minimum Gasteiger partial charge on any atom is -0.337 e. The lowest BCUT2D eigenvalue weighted by atomic mass is 9.97. The first-order chi connectivity index (χ1) is 8.40. The van der Waals surface area contributed by atoms with Crippen LogP contribution in [0.15, 0.2) is 11.2 Å². The van der Waals surface area contributed by atoms with Crippen molar-refractivity contribution in [3.63, 3.8) is 0 Å². The summed E-state index contributed by atoms with van der Waals surface area (Å²) in [5.41, 5.74) is 0. The SMILES string of the molecule is Cc1nc(S(=O)(=O)NC2CCNCC2C)cn1C.Cl. The van der Waals surface area contributed by atoms with Gasteiger partial charge in [-0.2, -0.15) is 0 Å². The molecule has 2 rings (SSSR count). The van der Waals surface area contributed by atoms with E-state index in [4.69, 9.17) is 0 Å². The third-order valence-corrected chi connectivity index (χ3v) is 4.81. The molecule has 1 aromatic rings. The van der Waals surface area contributed by atoms with Gasteiger partial charge in [-0.15, -0.1) is 12.4 Å². The summed E-state index contributed by atoms with van der Waals surface area (Å²) in [7, 11) is -1.72. The highest BCUT2D eigenvalue weighted by Gasteiger charge is 2.28. The van der Waals surface area contributed by atoms with Gasteiger partial charge in [0.2, 0.25) is 0 Å². The van der Waals surface area contributed by atoms with Crippen LogP contribution in [0, 0.1) is 12.8 Å². The summed E-state index contributed by atoms with van der Waals surface area (Å²) in [5, 5.41) is 3.35. The van der Waals surface area contributed by atoms with Gasteiger partial charge in [-0.3, -0.25) is 0 Å². The van der Waals surface area contributed by atoms with Crippen molar-refractivity contribution < 1.29 is 8.42 Å². The molecule has 0 bridgehead atoms. The van der Waals surface area contributed by atoms with Crippen molar-refractivity contribution in [1.82, 2.24) is 19.6 Å². The first-order valence-electron chi connectivity index (χ1n) is 6.13. The summed E-state index contributed by atoms with van der Waals surface area (Å²) >= 11 is 0. The van der Waals surface area contributed by atoms with E-state index in [1.807, 2.05) is 6.92 Å². The molecule has 1 aliphatic heterocycles. The van der Waals surface area contributed by atoms with E-state index >= 15 is 0 Å². The molecule has 8 heteroatoms. The van der Waals surface area contributed by atoms with Crippen LogP contribution < -0.4 is 10.0 Å². The third-order valence-electron chi connectivity index (χ3n) is 3.45. The number of piperidine rings is 1. The lowest BCUT2D eigenvalue weighted by Crippen LogP contribution is -2.48. The molecule has 19 heavy (non-hydrogen) atoms. The smallest absolute Gasteiger partial charge is 0.259 e. The Bertz CT molecular complexity index is 509. The van der Waals surface area contributed by atoms with Crippen molar-refractivity contribution in [2.45, 2.75) is 31.3 Å². The number of rotatable bonds is 3. The van der Waals surface area contributed by atoms with E-state index in [9.17, 15) is 8.42 Å². The molecular weight excluding hydrogens is 288 g/mol. The van der Waals surface area contributed by atoms with Gasteiger partial charge in [-0.25, -0.2) is 18.1 Å². The summed E-state index contributed by atoms with van der Waals surface area (Å²) in [6, 6.07) is -0.0152. The predicted octanol–water partition coefficient (Wildman–Crippen LogP) is 0.427. The van der Waals surface area contributed by atoms with Crippen LogP contribution in [0.25, 0.3) is 0 Å². The van der Waals surface area contributed by atoms with Crippen LogP contribution in [0.1, 0.15) is 19.2 Å². The number of hydrogen-bond acceptors (Lipinski definition) is 4. The van der Waals surface area contributed by atoms with E-state index < -0.39 is 10.0 Å². The highest BCUT2D eigenvalue weighted by atomic mass is 35.5. The van der Waals surface area contributed by atoms with Crippen LogP contribution in [0.5, 0.6) is 0 Å². The molecule has 0 radical (unpaired) electrons. The normalized spacial score (nSPS) is 23.9. The van der Waals surface area contributed by atoms with Gasteiger partial charge in [0.1, 0.15) is 5.82 Å². The Balaban J connectivity index is 0.00000180. The Morgan fingerprint density at radius 3 is 2.74 bits per heavy atom. The maximum atomic E-state index is 12.2. The van der Waals surface area contributed by atoms with Gasteiger partial charge in [0.25, 0.3) is 10.0 Å². The molecule has 1 fully saturated rings. The minimum absolute atomic E-state index is 0. The van der Waals surface area contributed by atoms with E-state index in [-0.39, 0.29) is 23.5 Å². The summed E-state index contributed by atoms with van der Waals surface area (Å²) in [4.78, 5) is 4.07. The zero-order valence-electron chi connectivity index (χ0n) is 11.4. The van der Waals surface area contributed by atoms with E-state index in [1.54, 1.807) is 24.7 Å². The third kappa shape index (κ3) is 3.68. The number of sulfonamides is 1. The fraction of sp³-hybridized carbons (Fsp3) is 0.727. The standard InChI is InChI=1S/C11H20N4O2S.ClH/c1-8-6-12-5-4-10(8)14-18(16,17)11-7-15(3)9(2)13-11;/h7-8,10,12,14H,4-6H2,1-3H3;1H. The van der Waals surface area contributed by atoms with E-state index in [0.717, 1.165) is 19.5 Å². The van der Waals surface area contributed by atoms with Crippen LogP contribution in [0.2, 0.25) is 0 Å². The fourth-order valence-corrected chi connectivity index (χ4v) is 3.52. The molecule has 0 aliphatic carbocycles. The second kappa shape index (κ2) is 6.21. The second-order valence-electron chi connectivity index (χ2n) is 4.94. The molecule has 2 N–H and O–H groups in total. The number of aromatic nitrogens is 2. The predicted molar refractivity (Wildman–Crippen MR) is 76.0 cm³/mol. The average molecular weight is 309 g/mol. The van der Waals surface area contributed by atoms with Crippen LogP contribution in [0.4, 0.5) is 0 Å². The molecule has 2 atom stereocenters. The molecule has 1 saturated heterocycles. The summed E-state index contributed by atoms with van der Waals surface area (Å²) in [6.07, 6.45) is 2.36. The quantitative estimate of drug-likeness (QED) is 0.849. The Morgan fingerprint density at radius 2 is 2.21 bits per heavy atom. The zero-order valence-corrected chi connectivity index (χ0v) is 13.0. The molecule has 1 aromatic heterocycles. The van der Waals surface area contributed by atoms with Gasteiger partial charge >= 0.3 is 0 Å². The Hall–Kier alpha value is -0.630. The Kier molecular flexibility index (Phi) is 5.37. The van der Waals surface area contributed by atoms with Crippen LogP contribution >= 0.6 is 12.4 Å². The van der Waals surface area contributed by atoms with Crippen molar-refractivity contribution >= 4 is 22.4 Å². The lowest BCUT2D eigenvalue weighted by Gasteiger charge is -2.29. The first kappa shape index (κ1) is 16.4. The molecule has 1 aliphatic rings. The maximum absolute atomic E-state index is 12.2. The van der Waals surface area contributed by atoms with E-state index in [0.29, 0.717) is 11.7 Å². The molecule has 0 amide bonds. The molecular formula is C11H21ClN4O2S. The van der Waals surface area contributed by atoms with Crippen molar-refractivity contribution in [3.05, 3.63) is 12.0 Å². The largest absolute Gasteiger partial charge is 0.337 e. The Morgan fingerprint density at radius 1 is 1.53 bits per heavy atom. The van der Waals surface area contributed by atoms with Gasteiger partial charge in [0.15, 0.2) is 5.03 Å². The highest BCUT2D eigenvalue weighted by molar-refractivity contribution is 7.89. The first-order valence-corrected chi connectivity index (χ1v) is 7.61. The van der Waals surface area contributed by atoms with Gasteiger partial charge < -0.3 is 9.88 Å². The topological polar surface area (TPSA) is 76.0 Å². The van der Waals surface area contributed by atoms with Crippen LogP contribution in [-0.4, -0.2) is 37.1 Å². The summed E-state index contributed by atoms with van der Waals surface area (Å²) < 4.78 is 28.9. The zero-order chi connectivity index (χ0) is 13.3. The number of hydrogen-bond donors (Lipinski definition) is 2. The van der Waals surface area contributed by atoms with Crippen molar-refractivity contribution in [2.75, 3.05) is 13.1 Å². The van der Waals surface area contributed by atoms with Crippen molar-refractivity contribution in [2.24, 2.45) is 13.0 Å². The highest BCUT2D eigenvalue weighted by Crippen LogP contribution is 2.15. The summed E-state index contributed by atoms with van der Waals surface area (Å²) in [6.45, 7) is 5.52. The number of nitrogens with one attached hydrogen (secondary N) is 2.